The van der Waals surface area contributed by atoms with E-state index in [0.29, 0.717) is 12.1 Å². The second-order valence-electron chi connectivity index (χ2n) is 5.34. The normalized spacial score (nSPS) is 10.8. The molecule has 0 aliphatic carbocycles. The fraction of sp³-hybridized carbons (Fsp3) is 0.375. The van der Waals surface area contributed by atoms with Crippen LogP contribution in [0, 0.1) is 0 Å². The van der Waals surface area contributed by atoms with E-state index in [9.17, 15) is 4.79 Å². The molecule has 5 heteroatoms. The number of hydrogen-bond acceptors (Lipinski definition) is 3. The summed E-state index contributed by atoms with van der Waals surface area (Å²) >= 11 is 0. The van der Waals surface area contributed by atoms with Crippen LogP contribution in [0.1, 0.15) is 22.3 Å². The second-order valence-corrected chi connectivity index (χ2v) is 5.34. The maximum absolute atomic E-state index is 12.0. The number of carbonyl (C=O) groups excluding carboxylic acids is 1. The average molecular weight is 286 g/mol. The van der Waals surface area contributed by atoms with E-state index in [-0.39, 0.29) is 5.91 Å². The molecule has 0 atom stereocenters. The minimum absolute atomic E-state index is 0.0112. The number of nitrogens with one attached hydrogen (secondary N) is 1. The lowest BCUT2D eigenvalue weighted by Gasteiger charge is -2.10. The van der Waals surface area contributed by atoms with Crippen LogP contribution in [0.2, 0.25) is 0 Å². The summed E-state index contributed by atoms with van der Waals surface area (Å²) in [5, 5.41) is 2.94. The number of amides is 1. The van der Waals surface area contributed by atoms with Gasteiger partial charge >= 0.3 is 0 Å². The van der Waals surface area contributed by atoms with Crippen LogP contribution in [-0.2, 0) is 6.54 Å². The summed E-state index contributed by atoms with van der Waals surface area (Å²) in [6.07, 6.45) is 6.42. The van der Waals surface area contributed by atoms with Gasteiger partial charge in [0.2, 0.25) is 0 Å². The van der Waals surface area contributed by atoms with Crippen molar-refractivity contribution in [2.75, 3.05) is 27.2 Å². The third-order valence-corrected chi connectivity index (χ3v) is 3.21. The molecule has 0 radical (unpaired) electrons. The zero-order chi connectivity index (χ0) is 15.1. The van der Waals surface area contributed by atoms with Gasteiger partial charge in [0.1, 0.15) is 0 Å². The number of carbonyl (C=O) groups is 1. The highest BCUT2D eigenvalue weighted by Gasteiger charge is 2.04. The van der Waals surface area contributed by atoms with Gasteiger partial charge in [-0.25, -0.2) is 4.98 Å². The summed E-state index contributed by atoms with van der Waals surface area (Å²) in [6, 6.07) is 7.70. The van der Waals surface area contributed by atoms with Crippen LogP contribution in [0.4, 0.5) is 0 Å². The van der Waals surface area contributed by atoms with Crippen molar-refractivity contribution in [3.63, 3.8) is 0 Å². The Labute approximate surface area is 125 Å². The molecule has 1 N–H and O–H groups in total. The summed E-state index contributed by atoms with van der Waals surface area (Å²) in [7, 11) is 4.06. The zero-order valence-electron chi connectivity index (χ0n) is 12.6. The molecule has 0 aliphatic rings. The summed E-state index contributed by atoms with van der Waals surface area (Å²) < 4.78 is 2.00. The molecule has 5 nitrogen and oxygen atoms in total. The predicted octanol–water partition coefficient (Wildman–Crippen LogP) is 1.61. The molecule has 21 heavy (non-hydrogen) atoms. The first-order chi connectivity index (χ1) is 10.1. The SMILES string of the molecule is CN(C)CCCNC(=O)c1ccc(Cn2ccnc2)cc1. The van der Waals surface area contributed by atoms with Crippen molar-refractivity contribution in [2.24, 2.45) is 0 Å². The molecule has 0 saturated heterocycles. The number of imidazole rings is 1. The lowest BCUT2D eigenvalue weighted by atomic mass is 10.1. The van der Waals surface area contributed by atoms with Crippen LogP contribution in [0.25, 0.3) is 0 Å². The highest BCUT2D eigenvalue weighted by atomic mass is 16.1. The van der Waals surface area contributed by atoms with Crippen molar-refractivity contribution in [1.29, 1.82) is 0 Å². The second kappa shape index (κ2) is 7.59. The number of hydrogen-bond donors (Lipinski definition) is 1. The van der Waals surface area contributed by atoms with Crippen molar-refractivity contribution in [1.82, 2.24) is 19.8 Å². The summed E-state index contributed by atoms with van der Waals surface area (Å²) in [6.45, 7) is 2.45. The first kappa shape index (κ1) is 15.3. The Bertz CT molecular complexity index is 546. The lowest BCUT2D eigenvalue weighted by molar-refractivity contribution is 0.0952. The third-order valence-electron chi connectivity index (χ3n) is 3.21. The minimum atomic E-state index is -0.0112. The third kappa shape index (κ3) is 5.04. The topological polar surface area (TPSA) is 50.2 Å². The van der Waals surface area contributed by atoms with Gasteiger partial charge in [0, 0.05) is 31.0 Å². The van der Waals surface area contributed by atoms with Crippen molar-refractivity contribution in [2.45, 2.75) is 13.0 Å². The molecule has 2 aromatic rings. The first-order valence-electron chi connectivity index (χ1n) is 7.13. The Morgan fingerprint density at radius 3 is 2.67 bits per heavy atom. The van der Waals surface area contributed by atoms with E-state index in [1.807, 2.05) is 49.1 Å². The van der Waals surface area contributed by atoms with Gasteiger partial charge in [-0.15, -0.1) is 0 Å². The zero-order valence-corrected chi connectivity index (χ0v) is 12.6. The monoisotopic (exact) mass is 286 g/mol. The molecule has 2 rings (SSSR count). The number of nitrogens with zero attached hydrogens (tertiary/aromatic N) is 3. The maximum Gasteiger partial charge on any atom is 0.251 e. The van der Waals surface area contributed by atoms with Crippen LogP contribution in [0.5, 0.6) is 0 Å². The highest BCUT2D eigenvalue weighted by molar-refractivity contribution is 5.94. The van der Waals surface area contributed by atoms with Gasteiger partial charge in [0.05, 0.1) is 6.33 Å². The van der Waals surface area contributed by atoms with E-state index in [2.05, 4.69) is 15.2 Å². The minimum Gasteiger partial charge on any atom is -0.352 e. The molecule has 112 valence electrons. The summed E-state index contributed by atoms with van der Waals surface area (Å²) in [5.74, 6) is -0.0112. The maximum atomic E-state index is 12.0. The van der Waals surface area contributed by atoms with Crippen LogP contribution < -0.4 is 5.32 Å². The molecule has 1 aromatic heterocycles. The molecule has 0 fully saturated rings. The quantitative estimate of drug-likeness (QED) is 0.787. The van der Waals surface area contributed by atoms with Gasteiger partial charge < -0.3 is 14.8 Å². The van der Waals surface area contributed by atoms with E-state index in [4.69, 9.17) is 0 Å². The van der Waals surface area contributed by atoms with Gasteiger partial charge in [-0.1, -0.05) is 12.1 Å². The van der Waals surface area contributed by atoms with Gasteiger partial charge in [-0.2, -0.15) is 0 Å². The molecular formula is C16H22N4O. The molecule has 0 aliphatic heterocycles. The van der Waals surface area contributed by atoms with Gasteiger partial charge in [-0.3, -0.25) is 4.79 Å². The van der Waals surface area contributed by atoms with Crippen molar-refractivity contribution >= 4 is 5.91 Å². The molecule has 1 amide bonds. The Morgan fingerprint density at radius 1 is 1.29 bits per heavy atom. The van der Waals surface area contributed by atoms with Crippen molar-refractivity contribution < 1.29 is 4.79 Å². The molecule has 1 heterocycles. The van der Waals surface area contributed by atoms with Crippen LogP contribution in [0.3, 0.4) is 0 Å². The van der Waals surface area contributed by atoms with E-state index in [1.54, 1.807) is 12.5 Å². The lowest BCUT2D eigenvalue weighted by Crippen LogP contribution is -2.27. The Hall–Kier alpha value is -2.14. The van der Waals surface area contributed by atoms with E-state index >= 15 is 0 Å². The van der Waals surface area contributed by atoms with Gasteiger partial charge in [0.25, 0.3) is 5.91 Å². The molecule has 0 spiro atoms. The predicted molar refractivity (Wildman–Crippen MR) is 83.3 cm³/mol. The van der Waals surface area contributed by atoms with Crippen LogP contribution >= 0.6 is 0 Å². The molecule has 0 saturated carbocycles. The van der Waals surface area contributed by atoms with Crippen molar-refractivity contribution in [3.8, 4) is 0 Å². The number of rotatable bonds is 7. The van der Waals surface area contributed by atoms with E-state index in [1.165, 1.54) is 0 Å². The van der Waals surface area contributed by atoms with Crippen LogP contribution in [-0.4, -0.2) is 47.5 Å². The first-order valence-corrected chi connectivity index (χ1v) is 7.13. The van der Waals surface area contributed by atoms with Crippen molar-refractivity contribution in [3.05, 3.63) is 54.1 Å². The molecular weight excluding hydrogens is 264 g/mol. The summed E-state index contributed by atoms with van der Waals surface area (Å²) in [5.41, 5.74) is 1.85. The van der Waals surface area contributed by atoms with E-state index < -0.39 is 0 Å². The molecule has 0 unspecified atom stereocenters. The fourth-order valence-electron chi connectivity index (χ4n) is 2.05. The van der Waals surface area contributed by atoms with E-state index in [0.717, 1.165) is 25.1 Å². The van der Waals surface area contributed by atoms with Gasteiger partial charge in [0.15, 0.2) is 0 Å². The smallest absolute Gasteiger partial charge is 0.251 e. The number of benzene rings is 1. The summed E-state index contributed by atoms with van der Waals surface area (Å²) in [4.78, 5) is 18.1. The standard InChI is InChI=1S/C16H22N4O/c1-19(2)10-3-8-18-16(21)15-6-4-14(5-7-15)12-20-11-9-17-13-20/h4-7,9,11,13H,3,8,10,12H2,1-2H3,(H,18,21). The largest absolute Gasteiger partial charge is 0.352 e. The van der Waals surface area contributed by atoms with Crippen LogP contribution in [0.15, 0.2) is 43.0 Å². The Balaban J connectivity index is 1.82. The molecule has 0 bridgehead atoms. The number of aromatic nitrogens is 2. The Kier molecular flexibility index (Phi) is 5.51. The van der Waals surface area contributed by atoms with Gasteiger partial charge in [-0.05, 0) is 44.8 Å². The Morgan fingerprint density at radius 2 is 2.05 bits per heavy atom. The average Bonchev–Trinajstić information content (AvgIpc) is 2.97. The molecule has 1 aromatic carbocycles. The fourth-order valence-corrected chi connectivity index (χ4v) is 2.05. The highest BCUT2D eigenvalue weighted by Crippen LogP contribution is 2.06.